The van der Waals surface area contributed by atoms with Gasteiger partial charge in [0.05, 0.1) is 6.42 Å². The summed E-state index contributed by atoms with van der Waals surface area (Å²) in [6.45, 7) is 2.06. The first-order valence-corrected chi connectivity index (χ1v) is 9.92. The van der Waals surface area contributed by atoms with Crippen LogP contribution >= 0.6 is 0 Å². The van der Waals surface area contributed by atoms with E-state index >= 15 is 0 Å². The summed E-state index contributed by atoms with van der Waals surface area (Å²) in [5.74, 6) is -2.80. The summed E-state index contributed by atoms with van der Waals surface area (Å²) in [6.07, 6.45) is 1.55. The van der Waals surface area contributed by atoms with Gasteiger partial charge in [-0.15, -0.1) is 0 Å². The Morgan fingerprint density at radius 2 is 1.56 bits per heavy atom. The topological polar surface area (TPSA) is 46.5 Å². The van der Waals surface area contributed by atoms with Crippen LogP contribution in [-0.2, 0) is 11.4 Å². The Kier molecular flexibility index (Phi) is 5.86. The van der Waals surface area contributed by atoms with Crippen molar-refractivity contribution in [3.63, 3.8) is 0 Å². The number of carboxylic acid groups (broad SMARTS) is 1. The average molecular weight is 436 g/mol. The number of hydrogen-bond donors (Lipinski definition) is 1. The second-order valence-corrected chi connectivity index (χ2v) is 7.53. The van der Waals surface area contributed by atoms with Crippen molar-refractivity contribution in [1.82, 2.24) is 0 Å². The van der Waals surface area contributed by atoms with Crippen molar-refractivity contribution >= 4 is 23.2 Å². The Labute approximate surface area is 183 Å². The molecule has 0 aromatic heterocycles. The molecule has 0 spiro atoms. The van der Waals surface area contributed by atoms with E-state index in [4.69, 9.17) is 4.74 Å². The van der Waals surface area contributed by atoms with Gasteiger partial charge in [-0.3, -0.25) is 4.79 Å². The number of aliphatic carboxylic acids is 1. The van der Waals surface area contributed by atoms with Crippen molar-refractivity contribution in [3.05, 3.63) is 106 Å². The third-order valence-corrected chi connectivity index (χ3v) is 5.37. The molecule has 1 aliphatic rings. The molecule has 0 amide bonds. The Morgan fingerprint density at radius 3 is 2.19 bits per heavy atom. The second-order valence-electron chi connectivity index (χ2n) is 7.53. The number of benzene rings is 3. The van der Waals surface area contributed by atoms with Gasteiger partial charge in [-0.1, -0.05) is 24.3 Å². The van der Waals surface area contributed by atoms with Crippen LogP contribution < -0.4 is 4.74 Å². The molecule has 1 aliphatic carbocycles. The van der Waals surface area contributed by atoms with Crippen LogP contribution in [0.5, 0.6) is 5.75 Å². The zero-order valence-electron chi connectivity index (χ0n) is 17.2. The standard InChI is InChI=1S/C26H19F3O3/c1-15-20(22-11-24(28)25(29)12-23(22)21(15)13-26(30)31)10-16-2-4-17(5-3-16)14-32-19-8-6-18(27)7-9-19/h2-12H,13-14H2,1H3,(H,30,31)/b20-10-. The SMILES string of the molecule is CC1=C(CC(=O)O)c2cc(F)c(F)cc2/C1=C\c1ccc(COc2ccc(F)cc2)cc1. The molecule has 0 saturated heterocycles. The van der Waals surface area contributed by atoms with Crippen LogP contribution in [0.3, 0.4) is 0 Å². The van der Waals surface area contributed by atoms with E-state index in [1.165, 1.54) is 12.1 Å². The summed E-state index contributed by atoms with van der Waals surface area (Å²) >= 11 is 0. The molecule has 0 unspecified atom stereocenters. The molecule has 1 N–H and O–H groups in total. The van der Waals surface area contributed by atoms with E-state index < -0.39 is 17.6 Å². The minimum Gasteiger partial charge on any atom is -0.489 e. The largest absolute Gasteiger partial charge is 0.489 e. The van der Waals surface area contributed by atoms with Crippen LogP contribution in [-0.4, -0.2) is 11.1 Å². The quantitative estimate of drug-likeness (QED) is 0.481. The minimum atomic E-state index is -1.04. The summed E-state index contributed by atoms with van der Waals surface area (Å²) in [5, 5.41) is 9.24. The third kappa shape index (κ3) is 4.44. The Bertz CT molecular complexity index is 1240. The van der Waals surface area contributed by atoms with Crippen LogP contribution in [0.15, 0.2) is 66.2 Å². The van der Waals surface area contributed by atoms with E-state index in [0.29, 0.717) is 40.2 Å². The number of rotatable bonds is 6. The van der Waals surface area contributed by atoms with Gasteiger partial charge in [0, 0.05) is 0 Å². The maximum atomic E-state index is 13.9. The molecule has 0 atom stereocenters. The molecule has 0 aliphatic heterocycles. The number of carboxylic acids is 1. The van der Waals surface area contributed by atoms with Crippen LogP contribution in [0, 0.1) is 17.5 Å². The number of fused-ring (bicyclic) bond motifs is 1. The van der Waals surface area contributed by atoms with Crippen molar-refractivity contribution in [2.75, 3.05) is 0 Å². The highest BCUT2D eigenvalue weighted by Gasteiger charge is 2.27. The summed E-state index contributed by atoms with van der Waals surface area (Å²) in [7, 11) is 0. The summed E-state index contributed by atoms with van der Waals surface area (Å²) < 4.78 is 46.4. The van der Waals surface area contributed by atoms with Gasteiger partial charge in [0.25, 0.3) is 0 Å². The zero-order chi connectivity index (χ0) is 22.8. The van der Waals surface area contributed by atoms with Gasteiger partial charge in [-0.25, -0.2) is 13.2 Å². The lowest BCUT2D eigenvalue weighted by atomic mass is 10.00. The second kappa shape index (κ2) is 8.75. The van der Waals surface area contributed by atoms with Crippen molar-refractivity contribution in [1.29, 1.82) is 0 Å². The maximum absolute atomic E-state index is 13.9. The van der Waals surface area contributed by atoms with E-state index in [1.54, 1.807) is 19.1 Å². The van der Waals surface area contributed by atoms with Crippen LogP contribution in [0.2, 0.25) is 0 Å². The van der Waals surface area contributed by atoms with Crippen LogP contribution in [0.1, 0.15) is 35.6 Å². The third-order valence-electron chi connectivity index (χ3n) is 5.37. The minimum absolute atomic E-state index is 0.277. The molecular weight excluding hydrogens is 417 g/mol. The molecule has 0 radical (unpaired) electrons. The molecule has 3 aromatic rings. The zero-order valence-corrected chi connectivity index (χ0v) is 17.2. The molecule has 0 fully saturated rings. The van der Waals surface area contributed by atoms with Gasteiger partial charge in [0.15, 0.2) is 11.6 Å². The normalized spacial score (nSPS) is 14.1. The number of allylic oxidation sites excluding steroid dienone is 2. The lowest BCUT2D eigenvalue weighted by Crippen LogP contribution is -1.98. The molecule has 0 bridgehead atoms. The van der Waals surface area contributed by atoms with Crippen molar-refractivity contribution < 1.29 is 27.8 Å². The van der Waals surface area contributed by atoms with Gasteiger partial charge < -0.3 is 9.84 Å². The predicted octanol–water partition coefficient (Wildman–Crippen LogP) is 6.49. The molecule has 3 nitrogen and oxygen atoms in total. The molecule has 162 valence electrons. The molecule has 0 heterocycles. The number of halogens is 3. The molecular formula is C26H19F3O3. The molecule has 4 rings (SSSR count). The fourth-order valence-electron chi connectivity index (χ4n) is 3.73. The van der Waals surface area contributed by atoms with Gasteiger partial charge in [0.2, 0.25) is 0 Å². The number of carbonyl (C=O) groups is 1. The first-order chi connectivity index (χ1) is 15.3. The fourth-order valence-corrected chi connectivity index (χ4v) is 3.73. The van der Waals surface area contributed by atoms with E-state index in [1.807, 2.05) is 30.3 Å². The number of hydrogen-bond acceptors (Lipinski definition) is 2. The molecule has 32 heavy (non-hydrogen) atoms. The highest BCUT2D eigenvalue weighted by Crippen LogP contribution is 2.44. The Balaban J connectivity index is 1.60. The lowest BCUT2D eigenvalue weighted by molar-refractivity contribution is -0.135. The van der Waals surface area contributed by atoms with Crippen molar-refractivity contribution in [2.24, 2.45) is 0 Å². The highest BCUT2D eigenvalue weighted by molar-refractivity contribution is 6.07. The smallest absolute Gasteiger partial charge is 0.307 e. The highest BCUT2D eigenvalue weighted by atomic mass is 19.2. The van der Waals surface area contributed by atoms with Gasteiger partial charge in [-0.2, -0.15) is 0 Å². The number of ether oxygens (including phenoxy) is 1. The van der Waals surface area contributed by atoms with Crippen LogP contribution in [0.25, 0.3) is 17.2 Å². The monoisotopic (exact) mass is 436 g/mol. The van der Waals surface area contributed by atoms with E-state index in [0.717, 1.165) is 23.3 Å². The van der Waals surface area contributed by atoms with Crippen molar-refractivity contribution in [3.8, 4) is 5.75 Å². The Morgan fingerprint density at radius 1 is 0.938 bits per heavy atom. The lowest BCUT2D eigenvalue weighted by Gasteiger charge is -2.08. The van der Waals surface area contributed by atoms with Crippen molar-refractivity contribution in [2.45, 2.75) is 20.0 Å². The fraction of sp³-hybridized carbons (Fsp3) is 0.115. The first kappa shape index (κ1) is 21.4. The van der Waals surface area contributed by atoms with E-state index in [9.17, 15) is 23.1 Å². The summed E-state index contributed by atoms with van der Waals surface area (Å²) in [5.41, 5.74) is 4.40. The first-order valence-electron chi connectivity index (χ1n) is 9.92. The summed E-state index contributed by atoms with van der Waals surface area (Å²) in [6, 6.07) is 15.4. The van der Waals surface area contributed by atoms with E-state index in [2.05, 4.69) is 0 Å². The van der Waals surface area contributed by atoms with E-state index in [-0.39, 0.29) is 12.2 Å². The van der Waals surface area contributed by atoms with Gasteiger partial charge >= 0.3 is 5.97 Å². The van der Waals surface area contributed by atoms with Gasteiger partial charge in [-0.05, 0) is 88.4 Å². The maximum Gasteiger partial charge on any atom is 0.307 e. The Hall–Kier alpha value is -3.80. The predicted molar refractivity (Wildman–Crippen MR) is 116 cm³/mol. The van der Waals surface area contributed by atoms with Crippen LogP contribution in [0.4, 0.5) is 13.2 Å². The molecule has 0 saturated carbocycles. The summed E-state index contributed by atoms with van der Waals surface area (Å²) in [4.78, 5) is 11.3. The average Bonchev–Trinajstić information content (AvgIpc) is 2.99. The molecule has 6 heteroatoms. The molecule has 3 aromatic carbocycles. The van der Waals surface area contributed by atoms with Gasteiger partial charge in [0.1, 0.15) is 18.2 Å².